The number of amides is 4. The van der Waals surface area contributed by atoms with Gasteiger partial charge in [-0.2, -0.15) is 0 Å². The van der Waals surface area contributed by atoms with Crippen LogP contribution in [-0.4, -0.2) is 42.5 Å². The lowest BCUT2D eigenvalue weighted by molar-refractivity contribution is -0.135. The number of nitrogens with one attached hydrogen (secondary N) is 2. The summed E-state index contributed by atoms with van der Waals surface area (Å²) in [5.41, 5.74) is 0.00676. The Morgan fingerprint density at radius 2 is 1.81 bits per heavy atom. The molecule has 2 heterocycles. The topological polar surface area (TPSA) is 97.0 Å². The zero-order chi connectivity index (χ0) is 25.9. The summed E-state index contributed by atoms with van der Waals surface area (Å²) >= 11 is 0. The van der Waals surface area contributed by atoms with Crippen LogP contribution in [0.1, 0.15) is 57.2 Å². The smallest absolute Gasteiger partial charge is 0.325 e. The van der Waals surface area contributed by atoms with Gasteiger partial charge in [-0.05, 0) is 47.7 Å². The fourth-order valence-corrected chi connectivity index (χ4v) is 4.71. The number of urea groups is 1. The molecule has 9 heteroatoms. The van der Waals surface area contributed by atoms with Crippen molar-refractivity contribution >= 4 is 17.8 Å². The lowest BCUT2D eigenvalue weighted by Gasteiger charge is -2.28. The van der Waals surface area contributed by atoms with Crippen molar-refractivity contribution in [3.8, 4) is 11.5 Å². The third kappa shape index (κ3) is 5.01. The maximum absolute atomic E-state index is 13.6. The number of benzene rings is 2. The zero-order valence-electron chi connectivity index (χ0n) is 20.8. The summed E-state index contributed by atoms with van der Waals surface area (Å²) in [6.07, 6.45) is 1.82. The maximum atomic E-state index is 13.6. The van der Waals surface area contributed by atoms with Crippen LogP contribution >= 0.6 is 0 Å². The average molecular weight is 498 g/mol. The molecule has 1 saturated heterocycles. The number of fused-ring (bicyclic) bond motifs is 1. The van der Waals surface area contributed by atoms with Crippen molar-refractivity contribution in [1.82, 2.24) is 15.5 Å². The van der Waals surface area contributed by atoms with Crippen molar-refractivity contribution < 1.29 is 28.2 Å². The lowest BCUT2D eigenvalue weighted by atomic mass is 9.85. The largest absolute Gasteiger partial charge is 0.486 e. The minimum atomic E-state index is -1.33. The molecule has 0 aliphatic carbocycles. The molecule has 4 amide bonds. The molecule has 4 rings (SSSR count). The van der Waals surface area contributed by atoms with Crippen molar-refractivity contribution in [3.05, 3.63) is 59.4 Å². The molecule has 2 atom stereocenters. The molecule has 0 bridgehead atoms. The average Bonchev–Trinajstić information content (AvgIpc) is 3.11. The molecular weight excluding hydrogens is 465 g/mol. The van der Waals surface area contributed by atoms with E-state index in [0.717, 1.165) is 16.9 Å². The summed E-state index contributed by atoms with van der Waals surface area (Å²) < 4.78 is 24.8. The molecule has 2 aromatic rings. The number of unbranched alkanes of at least 4 members (excludes halogenated alkanes) is 1. The molecule has 2 N–H and O–H groups in total. The first-order valence-corrected chi connectivity index (χ1v) is 12.3. The SMILES string of the molecule is CCCCC1(c2ccc(F)cc2)NC(=O)N(CC(=O)NC(c2ccc3c(c2)OCCO3)C(C)C)C1=O. The van der Waals surface area contributed by atoms with Gasteiger partial charge in [-0.3, -0.25) is 14.5 Å². The zero-order valence-corrected chi connectivity index (χ0v) is 20.8. The van der Waals surface area contributed by atoms with Crippen LogP contribution in [0.25, 0.3) is 0 Å². The second kappa shape index (κ2) is 10.6. The van der Waals surface area contributed by atoms with Crippen LogP contribution in [0.4, 0.5) is 9.18 Å². The first-order valence-electron chi connectivity index (χ1n) is 12.3. The van der Waals surface area contributed by atoms with Crippen LogP contribution in [0.2, 0.25) is 0 Å². The first-order chi connectivity index (χ1) is 17.2. The Hall–Kier alpha value is -3.62. The fraction of sp³-hybridized carbons (Fsp3) is 0.444. The monoisotopic (exact) mass is 497 g/mol. The Morgan fingerprint density at radius 1 is 1.11 bits per heavy atom. The Bertz CT molecular complexity index is 1140. The number of hydrogen-bond acceptors (Lipinski definition) is 5. The number of ether oxygens (including phenoxy) is 2. The van der Waals surface area contributed by atoms with Crippen molar-refractivity contribution in [3.63, 3.8) is 0 Å². The molecule has 2 unspecified atom stereocenters. The van der Waals surface area contributed by atoms with Crippen LogP contribution in [-0.2, 0) is 15.1 Å². The van der Waals surface area contributed by atoms with Crippen LogP contribution in [0.3, 0.4) is 0 Å². The summed E-state index contributed by atoms with van der Waals surface area (Å²) in [7, 11) is 0. The molecular formula is C27H32FN3O5. The van der Waals surface area contributed by atoms with E-state index in [-0.39, 0.29) is 12.0 Å². The number of carbonyl (C=O) groups is 3. The molecule has 0 saturated carbocycles. The van der Waals surface area contributed by atoms with Gasteiger partial charge in [0.05, 0.1) is 6.04 Å². The highest BCUT2D eigenvalue weighted by Gasteiger charge is 2.52. The Labute approximate surface area is 210 Å². The van der Waals surface area contributed by atoms with E-state index in [2.05, 4.69) is 10.6 Å². The van der Waals surface area contributed by atoms with E-state index in [9.17, 15) is 18.8 Å². The number of hydrogen-bond donors (Lipinski definition) is 2. The lowest BCUT2D eigenvalue weighted by Crippen LogP contribution is -2.45. The minimum Gasteiger partial charge on any atom is -0.486 e. The Kier molecular flexibility index (Phi) is 7.47. The summed E-state index contributed by atoms with van der Waals surface area (Å²) in [6, 6.07) is 10.1. The van der Waals surface area contributed by atoms with E-state index in [1.165, 1.54) is 24.3 Å². The Balaban J connectivity index is 1.52. The van der Waals surface area contributed by atoms with E-state index >= 15 is 0 Å². The van der Waals surface area contributed by atoms with E-state index in [0.29, 0.717) is 43.1 Å². The summed E-state index contributed by atoms with van der Waals surface area (Å²) in [4.78, 5) is 40.5. The molecule has 2 aliphatic heterocycles. The standard InChI is InChI=1S/C27H32FN3O5/c1-4-5-12-27(19-7-9-20(28)10-8-19)25(33)31(26(34)30-27)16-23(32)29-24(17(2)3)18-6-11-21-22(15-18)36-14-13-35-21/h6-11,15,17,24H,4-5,12-14,16H2,1-3H3,(H,29,32)(H,30,34). The van der Waals surface area contributed by atoms with Gasteiger partial charge in [0.25, 0.3) is 5.91 Å². The second-order valence-electron chi connectivity index (χ2n) is 9.53. The number of halogens is 1. The van der Waals surface area contributed by atoms with Gasteiger partial charge in [-0.1, -0.05) is 51.8 Å². The second-order valence-corrected chi connectivity index (χ2v) is 9.53. The van der Waals surface area contributed by atoms with Crippen molar-refractivity contribution in [2.24, 2.45) is 5.92 Å². The molecule has 0 radical (unpaired) electrons. The first kappa shape index (κ1) is 25.5. The maximum Gasteiger partial charge on any atom is 0.325 e. The third-order valence-electron chi connectivity index (χ3n) is 6.63. The highest BCUT2D eigenvalue weighted by Crippen LogP contribution is 2.36. The summed E-state index contributed by atoms with van der Waals surface area (Å²) in [5, 5.41) is 5.76. The van der Waals surface area contributed by atoms with Gasteiger partial charge in [0, 0.05) is 0 Å². The van der Waals surface area contributed by atoms with Crippen LogP contribution < -0.4 is 20.1 Å². The van der Waals surface area contributed by atoms with Crippen molar-refractivity contribution in [1.29, 1.82) is 0 Å². The van der Waals surface area contributed by atoms with Gasteiger partial charge in [-0.15, -0.1) is 0 Å². The van der Waals surface area contributed by atoms with Crippen molar-refractivity contribution in [2.75, 3.05) is 19.8 Å². The van der Waals surface area contributed by atoms with E-state index in [1.54, 1.807) is 0 Å². The highest BCUT2D eigenvalue weighted by molar-refractivity contribution is 6.09. The molecule has 0 aromatic heterocycles. The summed E-state index contributed by atoms with van der Waals surface area (Å²) in [5.74, 6) is -0.102. The molecule has 2 aliphatic rings. The third-order valence-corrected chi connectivity index (χ3v) is 6.63. The van der Waals surface area contributed by atoms with Gasteiger partial charge >= 0.3 is 6.03 Å². The molecule has 0 spiro atoms. The van der Waals surface area contributed by atoms with Crippen LogP contribution in [0, 0.1) is 11.7 Å². The number of nitrogens with zero attached hydrogens (tertiary/aromatic N) is 1. The number of rotatable bonds is 9. The molecule has 8 nitrogen and oxygen atoms in total. The van der Waals surface area contributed by atoms with Gasteiger partial charge in [-0.25, -0.2) is 9.18 Å². The predicted octanol–water partition coefficient (Wildman–Crippen LogP) is 4.05. The van der Waals surface area contributed by atoms with Crippen LogP contribution in [0.15, 0.2) is 42.5 Å². The summed E-state index contributed by atoms with van der Waals surface area (Å²) in [6.45, 7) is 6.44. The quantitative estimate of drug-likeness (QED) is 0.510. The normalized spacial score (nSPS) is 19.9. The molecule has 192 valence electrons. The van der Waals surface area contributed by atoms with E-state index in [4.69, 9.17) is 9.47 Å². The molecule has 1 fully saturated rings. The van der Waals surface area contributed by atoms with Crippen LogP contribution in [0.5, 0.6) is 11.5 Å². The predicted molar refractivity (Wildman–Crippen MR) is 131 cm³/mol. The van der Waals surface area contributed by atoms with Crippen molar-refractivity contribution in [2.45, 2.75) is 51.6 Å². The van der Waals surface area contributed by atoms with Gasteiger partial charge in [0.2, 0.25) is 5.91 Å². The van der Waals surface area contributed by atoms with Gasteiger partial charge in [0.1, 0.15) is 31.1 Å². The fourth-order valence-electron chi connectivity index (χ4n) is 4.71. The van der Waals surface area contributed by atoms with E-state index < -0.39 is 35.7 Å². The van der Waals surface area contributed by atoms with Gasteiger partial charge < -0.3 is 20.1 Å². The minimum absolute atomic E-state index is 0.0301. The molecule has 2 aromatic carbocycles. The number of carbonyl (C=O) groups excluding carboxylic acids is 3. The van der Waals surface area contributed by atoms with Gasteiger partial charge in [0.15, 0.2) is 11.5 Å². The Morgan fingerprint density at radius 3 is 2.47 bits per heavy atom. The van der Waals surface area contributed by atoms with E-state index in [1.807, 2.05) is 39.0 Å². The number of imide groups is 1. The highest BCUT2D eigenvalue weighted by atomic mass is 19.1. The molecule has 36 heavy (non-hydrogen) atoms.